The minimum Gasteiger partial charge on any atom is -0.337 e. The van der Waals surface area contributed by atoms with E-state index >= 15 is 0 Å². The molecule has 0 amide bonds. The Labute approximate surface area is 40.2 Å². The molecule has 0 N–H and O–H groups in total. The van der Waals surface area contributed by atoms with Gasteiger partial charge in [-0.15, -0.1) is 6.42 Å². The van der Waals surface area contributed by atoms with Crippen LogP contribution in [-0.4, -0.2) is 5.97 Å². The van der Waals surface area contributed by atoms with Gasteiger partial charge in [-0.1, -0.05) is 0 Å². The summed E-state index contributed by atoms with van der Waals surface area (Å²) in [6.45, 7) is 0. The molecule has 0 aliphatic carbocycles. The molecule has 0 aliphatic heterocycles. The summed E-state index contributed by atoms with van der Waals surface area (Å²) in [7, 11) is 0. The van der Waals surface area contributed by atoms with E-state index in [1.165, 1.54) is 0 Å². The van der Waals surface area contributed by atoms with E-state index in [2.05, 4.69) is 22.6 Å². The maximum atomic E-state index is 9.59. The topological polar surface area (TPSA) is 26.3 Å². The van der Waals surface area contributed by atoms with Crippen molar-refractivity contribution < 1.29 is 9.08 Å². The molecule has 0 atom stereocenters. The second kappa shape index (κ2) is 2.55. The molecule has 0 aromatic rings. The highest BCUT2D eigenvalue weighted by Crippen LogP contribution is 1.76. The summed E-state index contributed by atoms with van der Waals surface area (Å²) < 4.78 is 3.50. The van der Waals surface area contributed by atoms with Crippen molar-refractivity contribution in [1.29, 1.82) is 0 Å². The second-order valence-electron chi connectivity index (χ2n) is 0.509. The Morgan fingerprint density at radius 1 is 2.00 bits per heavy atom. The first kappa shape index (κ1) is 5.32. The molecule has 0 saturated heterocycles. The van der Waals surface area contributed by atoms with Crippen LogP contribution in [0.15, 0.2) is 0 Å². The lowest BCUT2D eigenvalue weighted by Crippen LogP contribution is -1.87. The van der Waals surface area contributed by atoms with Crippen LogP contribution in [0.25, 0.3) is 0 Å². The molecule has 0 radical (unpaired) electrons. The molecule has 0 spiro atoms. The Balaban J connectivity index is 3.33. The molecule has 0 saturated carbocycles. The van der Waals surface area contributed by atoms with Crippen molar-refractivity contribution in [3.63, 3.8) is 0 Å². The SMILES string of the molecule is C#CC(=O)OCl. The highest BCUT2D eigenvalue weighted by molar-refractivity contribution is 6.15. The first-order valence-corrected chi connectivity index (χ1v) is 1.41. The van der Waals surface area contributed by atoms with Gasteiger partial charge in [0.05, 0.1) is 0 Å². The fourth-order valence-corrected chi connectivity index (χ4v) is 0.0668. The van der Waals surface area contributed by atoms with Crippen LogP contribution in [0, 0.1) is 12.3 Å². The third-order valence-electron chi connectivity index (χ3n) is 0.188. The number of halogens is 1. The van der Waals surface area contributed by atoms with Gasteiger partial charge in [-0.2, -0.15) is 0 Å². The van der Waals surface area contributed by atoms with Crippen LogP contribution in [0.3, 0.4) is 0 Å². The van der Waals surface area contributed by atoms with Gasteiger partial charge < -0.3 is 4.29 Å². The van der Waals surface area contributed by atoms with Gasteiger partial charge in [-0.05, 0) is 0 Å². The van der Waals surface area contributed by atoms with Gasteiger partial charge in [-0.3, -0.25) is 0 Å². The number of carbonyl (C=O) groups excluding carboxylic acids is 1. The lowest BCUT2D eigenvalue weighted by molar-refractivity contribution is -0.127. The summed E-state index contributed by atoms with van der Waals surface area (Å²) in [5.41, 5.74) is 0. The number of terminal acetylenes is 1. The van der Waals surface area contributed by atoms with E-state index in [0.717, 1.165) is 0 Å². The van der Waals surface area contributed by atoms with Gasteiger partial charge in [-0.25, -0.2) is 4.79 Å². The normalized spacial score (nSPS) is 6.00. The standard InChI is InChI=1S/C3HClO2/c1-2-3(5)6-4/h1H. The maximum Gasteiger partial charge on any atom is 0.402 e. The van der Waals surface area contributed by atoms with Crippen LogP contribution in [-0.2, 0) is 9.08 Å². The molecule has 3 heteroatoms. The Morgan fingerprint density at radius 2 is 2.50 bits per heavy atom. The van der Waals surface area contributed by atoms with Crippen molar-refractivity contribution >= 4 is 17.8 Å². The fourth-order valence-electron chi connectivity index (χ4n) is 0.0223. The fraction of sp³-hybridized carbons (Fsp3) is 0. The van der Waals surface area contributed by atoms with Crippen molar-refractivity contribution in [3.05, 3.63) is 0 Å². The molecule has 0 aromatic heterocycles. The van der Waals surface area contributed by atoms with Gasteiger partial charge in [0, 0.05) is 5.92 Å². The molecule has 6 heavy (non-hydrogen) atoms. The van der Waals surface area contributed by atoms with Crippen molar-refractivity contribution in [2.24, 2.45) is 0 Å². The van der Waals surface area contributed by atoms with Crippen molar-refractivity contribution in [3.8, 4) is 12.3 Å². The number of hydrogen-bond acceptors (Lipinski definition) is 2. The van der Waals surface area contributed by atoms with E-state index in [0.29, 0.717) is 0 Å². The molecule has 0 bridgehead atoms. The predicted octanol–water partition coefficient (Wildman–Crippen LogP) is 0.317. The summed E-state index contributed by atoms with van der Waals surface area (Å²) in [4.78, 5) is 9.59. The van der Waals surface area contributed by atoms with Crippen LogP contribution >= 0.6 is 11.9 Å². The van der Waals surface area contributed by atoms with E-state index in [1.54, 1.807) is 5.92 Å². The van der Waals surface area contributed by atoms with Gasteiger partial charge in [0.1, 0.15) is 11.9 Å². The smallest absolute Gasteiger partial charge is 0.337 e. The highest BCUT2D eigenvalue weighted by atomic mass is 35.5. The minimum absolute atomic E-state index is 0.864. The van der Waals surface area contributed by atoms with Gasteiger partial charge in [0.2, 0.25) is 0 Å². The largest absolute Gasteiger partial charge is 0.402 e. The lowest BCUT2D eigenvalue weighted by atomic mass is 10.7. The molecule has 0 aliphatic rings. The van der Waals surface area contributed by atoms with Gasteiger partial charge in [0.15, 0.2) is 0 Å². The second-order valence-corrected chi connectivity index (χ2v) is 0.663. The Hall–Kier alpha value is -0.680. The van der Waals surface area contributed by atoms with Crippen molar-refractivity contribution in [2.45, 2.75) is 0 Å². The molecule has 0 fully saturated rings. The third-order valence-corrected chi connectivity index (χ3v) is 0.328. The van der Waals surface area contributed by atoms with E-state index in [4.69, 9.17) is 0 Å². The van der Waals surface area contributed by atoms with Crippen LogP contribution in [0.1, 0.15) is 0 Å². The average molecular weight is 104 g/mol. The number of carbonyl (C=O) groups is 1. The lowest BCUT2D eigenvalue weighted by Gasteiger charge is -1.73. The molecule has 32 valence electrons. The van der Waals surface area contributed by atoms with Crippen LogP contribution < -0.4 is 0 Å². The van der Waals surface area contributed by atoms with E-state index in [1.807, 2.05) is 0 Å². The Kier molecular flexibility index (Phi) is 2.26. The summed E-state index contributed by atoms with van der Waals surface area (Å²) in [5.74, 6) is 0.757. The van der Waals surface area contributed by atoms with Crippen LogP contribution in [0.2, 0.25) is 0 Å². The summed E-state index contributed by atoms with van der Waals surface area (Å²) in [6.07, 6.45) is 4.47. The van der Waals surface area contributed by atoms with E-state index < -0.39 is 5.97 Å². The molecular weight excluding hydrogens is 103 g/mol. The van der Waals surface area contributed by atoms with E-state index in [-0.39, 0.29) is 0 Å². The predicted molar refractivity (Wildman–Crippen MR) is 20.8 cm³/mol. The molecule has 0 heterocycles. The summed E-state index contributed by atoms with van der Waals surface area (Å²) in [5, 5.41) is 0. The summed E-state index contributed by atoms with van der Waals surface area (Å²) in [6, 6.07) is 0. The molecular formula is C3HClO2. The monoisotopic (exact) mass is 104 g/mol. The van der Waals surface area contributed by atoms with E-state index in [9.17, 15) is 4.79 Å². The highest BCUT2D eigenvalue weighted by Gasteiger charge is 1.86. The quantitative estimate of drug-likeness (QED) is 0.414. The number of rotatable bonds is 0. The first-order valence-electron chi connectivity index (χ1n) is 1.10. The Bertz CT molecular complexity index is 91.5. The summed E-state index contributed by atoms with van der Waals surface area (Å²) >= 11 is 4.46. The zero-order valence-electron chi connectivity index (χ0n) is 2.77. The maximum absolute atomic E-state index is 9.59. The van der Waals surface area contributed by atoms with Crippen LogP contribution in [0.4, 0.5) is 0 Å². The van der Waals surface area contributed by atoms with Crippen LogP contribution in [0.5, 0.6) is 0 Å². The molecule has 0 rings (SSSR count). The molecule has 2 nitrogen and oxygen atoms in total. The van der Waals surface area contributed by atoms with Gasteiger partial charge >= 0.3 is 5.97 Å². The third kappa shape index (κ3) is 1.62. The minimum atomic E-state index is -0.864. The van der Waals surface area contributed by atoms with Gasteiger partial charge in [0.25, 0.3) is 0 Å². The average Bonchev–Trinajstić information content (AvgIpc) is 1.65. The first-order chi connectivity index (χ1) is 2.81. The number of hydrogen-bond donors (Lipinski definition) is 0. The molecule has 0 unspecified atom stereocenters. The van der Waals surface area contributed by atoms with Crippen molar-refractivity contribution in [2.75, 3.05) is 0 Å². The van der Waals surface area contributed by atoms with Crippen molar-refractivity contribution in [1.82, 2.24) is 0 Å². The molecule has 0 aromatic carbocycles. The zero-order valence-corrected chi connectivity index (χ0v) is 3.53. The Morgan fingerprint density at radius 3 is 2.50 bits per heavy atom. The zero-order chi connectivity index (χ0) is 4.99.